The van der Waals surface area contributed by atoms with Gasteiger partial charge in [0.2, 0.25) is 0 Å². The highest BCUT2D eigenvalue weighted by Crippen LogP contribution is 2.19. The number of halogens is 2. The summed E-state index contributed by atoms with van der Waals surface area (Å²) in [4.78, 5) is 16.0. The lowest BCUT2D eigenvalue weighted by Crippen LogP contribution is -2.04. The molecule has 0 N–H and O–H groups in total. The predicted molar refractivity (Wildman–Crippen MR) is 66.4 cm³/mol. The number of aromatic nitrogens is 1. The summed E-state index contributed by atoms with van der Waals surface area (Å²) >= 11 is 6.47. The monoisotopic (exact) mass is 343 g/mol. The van der Waals surface area contributed by atoms with E-state index in [-0.39, 0.29) is 12.2 Å². The number of furan rings is 1. The quantitative estimate of drug-likeness (QED) is 0.798. The summed E-state index contributed by atoms with van der Waals surface area (Å²) in [5, 5.41) is 0. The number of ketones is 1. The van der Waals surface area contributed by atoms with Gasteiger partial charge in [0.05, 0.1) is 18.2 Å². The standard InChI is InChI=1S/C11H7Br2NO2/c12-7-1-2-8(14-6-7)5-10(15)9-3-4-16-11(9)13/h1-4,6H,5H2. The number of hydrogen-bond donors (Lipinski definition) is 0. The Morgan fingerprint density at radius 3 is 2.69 bits per heavy atom. The molecule has 0 aliphatic rings. The first-order chi connectivity index (χ1) is 7.66. The molecule has 0 fully saturated rings. The Balaban J connectivity index is 2.14. The number of nitrogens with zero attached hydrogens (tertiary/aromatic N) is 1. The molecule has 0 spiro atoms. The van der Waals surface area contributed by atoms with E-state index in [1.807, 2.05) is 12.1 Å². The van der Waals surface area contributed by atoms with Crippen LogP contribution in [-0.4, -0.2) is 10.8 Å². The second-order valence-electron chi connectivity index (χ2n) is 3.18. The van der Waals surface area contributed by atoms with Crippen molar-refractivity contribution in [3.8, 4) is 0 Å². The molecular formula is C11H7Br2NO2. The van der Waals surface area contributed by atoms with Crippen molar-refractivity contribution >= 4 is 37.6 Å². The fourth-order valence-electron chi connectivity index (χ4n) is 1.26. The summed E-state index contributed by atoms with van der Waals surface area (Å²) < 4.78 is 6.37. The average molecular weight is 345 g/mol. The minimum absolute atomic E-state index is 0.0181. The van der Waals surface area contributed by atoms with E-state index in [9.17, 15) is 4.79 Å². The van der Waals surface area contributed by atoms with E-state index in [2.05, 4.69) is 36.8 Å². The number of pyridine rings is 1. The molecule has 2 aromatic heterocycles. The summed E-state index contributed by atoms with van der Waals surface area (Å²) in [7, 11) is 0. The van der Waals surface area contributed by atoms with Crippen molar-refractivity contribution in [2.75, 3.05) is 0 Å². The Morgan fingerprint density at radius 1 is 1.31 bits per heavy atom. The second-order valence-corrected chi connectivity index (χ2v) is 4.81. The third-order valence-corrected chi connectivity index (χ3v) is 3.13. The van der Waals surface area contributed by atoms with Gasteiger partial charge in [0.25, 0.3) is 0 Å². The van der Waals surface area contributed by atoms with Gasteiger partial charge in [-0.15, -0.1) is 0 Å². The van der Waals surface area contributed by atoms with Gasteiger partial charge < -0.3 is 4.42 Å². The Hall–Kier alpha value is -0.940. The lowest BCUT2D eigenvalue weighted by Gasteiger charge is -1.99. The molecule has 3 nitrogen and oxygen atoms in total. The van der Waals surface area contributed by atoms with Gasteiger partial charge in [-0.3, -0.25) is 9.78 Å². The molecule has 0 aliphatic heterocycles. The number of rotatable bonds is 3. The van der Waals surface area contributed by atoms with Crippen LogP contribution in [0.4, 0.5) is 0 Å². The fourth-order valence-corrected chi connectivity index (χ4v) is 1.96. The van der Waals surface area contributed by atoms with Crippen LogP contribution in [0.15, 0.2) is 44.2 Å². The third kappa shape index (κ3) is 2.59. The minimum Gasteiger partial charge on any atom is -0.457 e. The Bertz CT molecular complexity index is 505. The van der Waals surface area contributed by atoms with Crippen molar-refractivity contribution in [3.63, 3.8) is 0 Å². The van der Waals surface area contributed by atoms with Gasteiger partial charge in [-0.1, -0.05) is 0 Å². The van der Waals surface area contributed by atoms with Crippen molar-refractivity contribution < 1.29 is 9.21 Å². The number of carbonyl (C=O) groups is 1. The van der Waals surface area contributed by atoms with Gasteiger partial charge in [-0.05, 0) is 50.1 Å². The summed E-state index contributed by atoms with van der Waals surface area (Å²) in [5.74, 6) is -0.0181. The van der Waals surface area contributed by atoms with Crippen LogP contribution in [0.25, 0.3) is 0 Å². The second kappa shape index (κ2) is 4.93. The lowest BCUT2D eigenvalue weighted by molar-refractivity contribution is 0.0990. The Kier molecular flexibility index (Phi) is 3.56. The van der Waals surface area contributed by atoms with Crippen molar-refractivity contribution in [3.05, 3.63) is 51.1 Å². The predicted octanol–water partition coefficient (Wildman–Crippen LogP) is 3.63. The van der Waals surface area contributed by atoms with Crippen molar-refractivity contribution in [1.82, 2.24) is 4.98 Å². The molecule has 16 heavy (non-hydrogen) atoms. The largest absolute Gasteiger partial charge is 0.457 e. The van der Waals surface area contributed by atoms with Crippen LogP contribution >= 0.6 is 31.9 Å². The molecule has 0 unspecified atom stereocenters. The summed E-state index contributed by atoms with van der Waals surface area (Å²) in [6.45, 7) is 0. The van der Waals surface area contributed by atoms with E-state index in [1.165, 1.54) is 6.26 Å². The van der Waals surface area contributed by atoms with E-state index in [1.54, 1.807) is 12.3 Å². The molecule has 0 saturated carbocycles. The molecule has 2 heterocycles. The van der Waals surface area contributed by atoms with E-state index >= 15 is 0 Å². The maximum atomic E-state index is 11.8. The Labute approximate surface area is 109 Å². The molecular weight excluding hydrogens is 338 g/mol. The summed E-state index contributed by atoms with van der Waals surface area (Å²) in [6.07, 6.45) is 3.42. The highest BCUT2D eigenvalue weighted by atomic mass is 79.9. The molecule has 2 aromatic rings. The maximum Gasteiger partial charge on any atom is 0.179 e. The van der Waals surface area contributed by atoms with Gasteiger partial charge in [-0.2, -0.15) is 0 Å². The number of Topliss-reactive ketones (excluding diaryl/α,β-unsaturated/α-hetero) is 1. The highest BCUT2D eigenvalue weighted by molar-refractivity contribution is 9.10. The van der Waals surface area contributed by atoms with E-state index < -0.39 is 0 Å². The zero-order chi connectivity index (χ0) is 11.5. The molecule has 0 aromatic carbocycles. The van der Waals surface area contributed by atoms with Gasteiger partial charge in [-0.25, -0.2) is 0 Å². The third-order valence-electron chi connectivity index (χ3n) is 2.05. The molecule has 0 radical (unpaired) electrons. The van der Waals surface area contributed by atoms with Gasteiger partial charge in [0.1, 0.15) is 0 Å². The molecule has 0 aliphatic carbocycles. The fraction of sp³-hybridized carbons (Fsp3) is 0.0909. The minimum atomic E-state index is -0.0181. The van der Waals surface area contributed by atoms with Gasteiger partial charge in [0, 0.05) is 16.4 Å². The van der Waals surface area contributed by atoms with E-state index in [0.717, 1.165) is 10.2 Å². The van der Waals surface area contributed by atoms with Gasteiger partial charge >= 0.3 is 0 Å². The molecule has 0 saturated heterocycles. The maximum absolute atomic E-state index is 11.8. The van der Waals surface area contributed by atoms with Crippen LogP contribution in [-0.2, 0) is 6.42 Å². The van der Waals surface area contributed by atoms with Crippen LogP contribution in [0.5, 0.6) is 0 Å². The highest BCUT2D eigenvalue weighted by Gasteiger charge is 2.13. The molecule has 0 amide bonds. The SMILES string of the molecule is O=C(Cc1ccc(Br)cn1)c1ccoc1Br. The van der Waals surface area contributed by atoms with Crippen molar-refractivity contribution in [2.24, 2.45) is 0 Å². The van der Waals surface area contributed by atoms with Crippen LogP contribution in [0, 0.1) is 0 Å². The van der Waals surface area contributed by atoms with Crippen molar-refractivity contribution in [1.29, 1.82) is 0 Å². The number of hydrogen-bond acceptors (Lipinski definition) is 3. The zero-order valence-electron chi connectivity index (χ0n) is 8.11. The molecule has 0 bridgehead atoms. The average Bonchev–Trinajstić information content (AvgIpc) is 2.68. The first kappa shape index (κ1) is 11.5. The summed E-state index contributed by atoms with van der Waals surface area (Å²) in [5.41, 5.74) is 1.28. The zero-order valence-corrected chi connectivity index (χ0v) is 11.3. The molecule has 2 rings (SSSR count). The van der Waals surface area contributed by atoms with Crippen LogP contribution in [0.3, 0.4) is 0 Å². The van der Waals surface area contributed by atoms with Crippen LogP contribution < -0.4 is 0 Å². The van der Waals surface area contributed by atoms with Crippen molar-refractivity contribution in [2.45, 2.75) is 6.42 Å². The first-order valence-corrected chi connectivity index (χ1v) is 6.12. The first-order valence-electron chi connectivity index (χ1n) is 4.53. The van der Waals surface area contributed by atoms with E-state index in [4.69, 9.17) is 4.42 Å². The number of carbonyl (C=O) groups excluding carboxylic acids is 1. The lowest BCUT2D eigenvalue weighted by atomic mass is 10.1. The van der Waals surface area contributed by atoms with Gasteiger partial charge in [0.15, 0.2) is 10.5 Å². The van der Waals surface area contributed by atoms with Crippen LogP contribution in [0.1, 0.15) is 16.1 Å². The topological polar surface area (TPSA) is 43.1 Å². The molecule has 82 valence electrons. The van der Waals surface area contributed by atoms with Crippen LogP contribution in [0.2, 0.25) is 0 Å². The normalized spacial score (nSPS) is 10.4. The van der Waals surface area contributed by atoms with E-state index in [0.29, 0.717) is 10.2 Å². The molecule has 5 heteroatoms. The Morgan fingerprint density at radius 2 is 2.12 bits per heavy atom. The smallest absolute Gasteiger partial charge is 0.179 e. The molecule has 0 atom stereocenters. The summed E-state index contributed by atoms with van der Waals surface area (Å²) in [6, 6.07) is 5.32.